The highest BCUT2D eigenvalue weighted by molar-refractivity contribution is 5.99. The fraction of sp³-hybridized carbons (Fsp3) is 0.269. The summed E-state index contributed by atoms with van der Waals surface area (Å²) >= 11 is 0. The Hall–Kier alpha value is -3.42. The predicted octanol–water partition coefficient (Wildman–Crippen LogP) is 4.58. The second-order valence-corrected chi connectivity index (χ2v) is 7.74. The highest BCUT2D eigenvalue weighted by atomic mass is 35.5. The van der Waals surface area contributed by atoms with Crippen molar-refractivity contribution in [3.63, 3.8) is 0 Å². The van der Waals surface area contributed by atoms with Gasteiger partial charge in [0.15, 0.2) is 11.5 Å². The maximum atomic E-state index is 13.6. The lowest BCUT2D eigenvalue weighted by Crippen LogP contribution is -2.26. The Morgan fingerprint density at radius 2 is 1.47 bits per heavy atom. The molecule has 2 N–H and O–H groups in total. The summed E-state index contributed by atoms with van der Waals surface area (Å²) in [6.07, 6.45) is 0.789. The van der Waals surface area contributed by atoms with Crippen LogP contribution in [0.1, 0.15) is 27.0 Å². The van der Waals surface area contributed by atoms with Crippen LogP contribution in [0.25, 0.3) is 0 Å². The van der Waals surface area contributed by atoms with Gasteiger partial charge in [0.05, 0.1) is 26.9 Å². The number of halogens is 1. The van der Waals surface area contributed by atoms with Crippen LogP contribution in [0.15, 0.2) is 54.6 Å². The van der Waals surface area contributed by atoms with Crippen LogP contribution in [-0.2, 0) is 19.5 Å². The molecule has 1 aliphatic rings. The first-order chi connectivity index (χ1) is 16.1. The molecule has 1 aliphatic heterocycles. The van der Waals surface area contributed by atoms with Gasteiger partial charge in [-0.25, -0.2) is 0 Å². The number of methoxy groups -OCH3 is 3. The van der Waals surface area contributed by atoms with Crippen molar-refractivity contribution < 1.29 is 23.7 Å². The maximum Gasteiger partial charge on any atom is 0.258 e. The third kappa shape index (κ3) is 4.90. The minimum atomic E-state index is -0.174. The number of nitrogens with two attached hydrogens (primary N) is 1. The zero-order valence-electron chi connectivity index (χ0n) is 19.5. The molecule has 3 aromatic rings. The van der Waals surface area contributed by atoms with Crippen molar-refractivity contribution in [1.82, 2.24) is 4.90 Å². The summed E-state index contributed by atoms with van der Waals surface area (Å²) in [4.78, 5) is 15.3. The van der Waals surface area contributed by atoms with Gasteiger partial charge in [-0.15, -0.1) is 12.4 Å². The van der Waals surface area contributed by atoms with E-state index in [0.717, 1.165) is 23.1 Å². The minimum Gasteiger partial charge on any atom is -0.492 e. The Kier molecular flexibility index (Phi) is 8.26. The molecule has 4 rings (SSSR count). The molecule has 3 aromatic carbocycles. The third-order valence-corrected chi connectivity index (χ3v) is 5.71. The monoisotopic (exact) mass is 484 g/mol. The van der Waals surface area contributed by atoms with Gasteiger partial charge in [-0.1, -0.05) is 36.4 Å². The topological polar surface area (TPSA) is 83.3 Å². The molecular weight excluding hydrogens is 456 g/mol. The van der Waals surface area contributed by atoms with Gasteiger partial charge in [-0.05, 0) is 41.8 Å². The second kappa shape index (κ2) is 11.1. The quantitative estimate of drug-likeness (QED) is 0.503. The summed E-state index contributed by atoms with van der Waals surface area (Å²) in [6.45, 7) is 1.64. The van der Waals surface area contributed by atoms with E-state index in [4.69, 9.17) is 24.7 Å². The van der Waals surface area contributed by atoms with E-state index in [1.54, 1.807) is 11.0 Å². The minimum absolute atomic E-state index is 0. The highest BCUT2D eigenvalue weighted by Gasteiger charge is 2.31. The van der Waals surface area contributed by atoms with Crippen molar-refractivity contribution in [2.75, 3.05) is 27.9 Å². The molecule has 1 heterocycles. The highest BCUT2D eigenvalue weighted by Crippen LogP contribution is 2.48. The van der Waals surface area contributed by atoms with E-state index in [9.17, 15) is 4.79 Å². The van der Waals surface area contributed by atoms with Gasteiger partial charge in [0.25, 0.3) is 5.91 Å². The molecule has 0 saturated carbocycles. The van der Waals surface area contributed by atoms with Crippen LogP contribution in [0.2, 0.25) is 0 Å². The van der Waals surface area contributed by atoms with Gasteiger partial charge < -0.3 is 29.6 Å². The number of ether oxygens (including phenoxy) is 4. The third-order valence-electron chi connectivity index (χ3n) is 5.71. The van der Waals surface area contributed by atoms with E-state index in [-0.39, 0.29) is 18.3 Å². The normalized spacial score (nSPS) is 11.9. The van der Waals surface area contributed by atoms with Crippen LogP contribution >= 0.6 is 12.4 Å². The molecule has 0 bridgehead atoms. The van der Waals surface area contributed by atoms with Gasteiger partial charge >= 0.3 is 0 Å². The van der Waals surface area contributed by atoms with Crippen LogP contribution in [0.4, 0.5) is 0 Å². The average molecular weight is 485 g/mol. The summed E-state index contributed by atoms with van der Waals surface area (Å²) in [7, 11) is 4.53. The molecule has 0 spiro atoms. The number of rotatable bonds is 8. The maximum absolute atomic E-state index is 13.6. The van der Waals surface area contributed by atoms with Gasteiger partial charge in [0.2, 0.25) is 11.5 Å². The zero-order valence-corrected chi connectivity index (χ0v) is 20.3. The standard InChI is InChI=1S/C26H28N2O5.ClH/c1-30-23-21(26(29)28-15-18-6-4-5-7-19(18)16-28)14-22(24(31-2)25(23)32-3)33-20-10-8-17(9-11-20)12-13-27;/h4-11,14H,12-13,15-16,27H2,1-3H3;1H. The van der Waals surface area contributed by atoms with E-state index < -0.39 is 0 Å². The summed E-state index contributed by atoms with van der Waals surface area (Å²) in [5.41, 5.74) is 9.38. The average Bonchev–Trinajstić information content (AvgIpc) is 3.28. The fourth-order valence-electron chi connectivity index (χ4n) is 4.08. The molecule has 7 nitrogen and oxygen atoms in total. The largest absolute Gasteiger partial charge is 0.492 e. The van der Waals surface area contributed by atoms with Crippen molar-refractivity contribution in [1.29, 1.82) is 0 Å². The van der Waals surface area contributed by atoms with E-state index in [1.807, 2.05) is 48.5 Å². The van der Waals surface area contributed by atoms with Crippen LogP contribution in [0, 0.1) is 0 Å². The molecule has 1 amide bonds. The van der Waals surface area contributed by atoms with E-state index in [0.29, 0.717) is 53.9 Å². The molecule has 0 radical (unpaired) electrons. The number of nitrogens with zero attached hydrogens (tertiary/aromatic N) is 1. The molecule has 0 saturated heterocycles. The molecule has 0 atom stereocenters. The first-order valence-corrected chi connectivity index (χ1v) is 10.8. The SMILES string of the molecule is COc1c(Oc2ccc(CCN)cc2)cc(C(=O)N2Cc3ccccc3C2)c(OC)c1OC.Cl. The van der Waals surface area contributed by atoms with Crippen molar-refractivity contribution in [2.24, 2.45) is 5.73 Å². The van der Waals surface area contributed by atoms with E-state index in [1.165, 1.54) is 21.3 Å². The molecule has 0 aliphatic carbocycles. The summed E-state index contributed by atoms with van der Waals surface area (Å²) in [5.74, 6) is 1.75. The van der Waals surface area contributed by atoms with Crippen LogP contribution in [0.5, 0.6) is 28.7 Å². The predicted molar refractivity (Wildman–Crippen MR) is 133 cm³/mol. The van der Waals surface area contributed by atoms with Gasteiger partial charge in [0.1, 0.15) is 5.75 Å². The van der Waals surface area contributed by atoms with Crippen molar-refractivity contribution >= 4 is 18.3 Å². The number of hydrogen-bond acceptors (Lipinski definition) is 6. The summed E-state index contributed by atoms with van der Waals surface area (Å²) < 4.78 is 22.9. The summed E-state index contributed by atoms with van der Waals surface area (Å²) in [5, 5.41) is 0. The molecule has 8 heteroatoms. The molecular formula is C26H29ClN2O5. The number of fused-ring (bicyclic) bond motifs is 1. The first kappa shape index (κ1) is 25.2. The number of benzene rings is 3. The fourth-order valence-corrected chi connectivity index (χ4v) is 4.08. The van der Waals surface area contributed by atoms with Crippen molar-refractivity contribution in [3.05, 3.63) is 76.9 Å². The second-order valence-electron chi connectivity index (χ2n) is 7.74. The van der Waals surface area contributed by atoms with E-state index in [2.05, 4.69) is 0 Å². The van der Waals surface area contributed by atoms with Gasteiger partial charge in [-0.3, -0.25) is 4.79 Å². The van der Waals surface area contributed by atoms with Crippen LogP contribution in [-0.4, -0.2) is 38.7 Å². The molecule has 0 unspecified atom stereocenters. The summed E-state index contributed by atoms with van der Waals surface area (Å²) in [6, 6.07) is 17.3. The first-order valence-electron chi connectivity index (χ1n) is 10.8. The Bertz CT molecular complexity index is 1130. The Labute approximate surface area is 205 Å². The number of carbonyl (C=O) groups excluding carboxylic acids is 1. The Morgan fingerprint density at radius 1 is 0.882 bits per heavy atom. The number of amides is 1. The molecule has 180 valence electrons. The van der Waals surface area contributed by atoms with Gasteiger partial charge in [-0.2, -0.15) is 0 Å². The van der Waals surface area contributed by atoms with Crippen molar-refractivity contribution in [2.45, 2.75) is 19.5 Å². The Morgan fingerprint density at radius 3 is 2.00 bits per heavy atom. The van der Waals surface area contributed by atoms with Crippen LogP contribution in [0.3, 0.4) is 0 Å². The lowest BCUT2D eigenvalue weighted by molar-refractivity contribution is 0.0746. The zero-order chi connectivity index (χ0) is 23.4. The Balaban J connectivity index is 0.00000324. The molecule has 0 aromatic heterocycles. The molecule has 34 heavy (non-hydrogen) atoms. The smallest absolute Gasteiger partial charge is 0.258 e. The number of carbonyl (C=O) groups is 1. The molecule has 0 fully saturated rings. The lowest BCUT2D eigenvalue weighted by Gasteiger charge is -2.22. The number of hydrogen-bond donors (Lipinski definition) is 1. The van der Waals surface area contributed by atoms with Crippen molar-refractivity contribution in [3.8, 4) is 28.7 Å². The van der Waals surface area contributed by atoms with Gasteiger partial charge in [0, 0.05) is 19.2 Å². The lowest BCUT2D eigenvalue weighted by atomic mass is 10.1. The van der Waals surface area contributed by atoms with Crippen LogP contribution < -0.4 is 24.7 Å². The van der Waals surface area contributed by atoms with E-state index >= 15 is 0 Å².